The molecule has 1 atom stereocenters. The van der Waals surface area contributed by atoms with Gasteiger partial charge in [-0.2, -0.15) is 13.2 Å². The Bertz CT molecular complexity index is 1840. The molecule has 0 unspecified atom stereocenters. The average Bonchev–Trinajstić information content (AvgIpc) is 3.00. The molecule has 2 aromatic heterocycles. The van der Waals surface area contributed by atoms with Gasteiger partial charge in [0.15, 0.2) is 0 Å². The number of pyridine rings is 1. The Morgan fingerprint density at radius 1 is 1.09 bits per heavy atom. The molecule has 1 aliphatic rings. The van der Waals surface area contributed by atoms with Crippen LogP contribution >= 0.6 is 11.6 Å². The molecule has 0 spiro atoms. The number of nitrogens with one attached hydrogen (secondary N) is 1. The summed E-state index contributed by atoms with van der Waals surface area (Å²) in [4.78, 5) is 26.2. The van der Waals surface area contributed by atoms with Crippen LogP contribution in [-0.4, -0.2) is 74.8 Å². The van der Waals surface area contributed by atoms with E-state index in [1.165, 1.54) is 24.4 Å². The number of carboxylic acid groups (broad SMARTS) is 1. The van der Waals surface area contributed by atoms with Crippen LogP contribution in [-0.2, 0) is 21.2 Å². The van der Waals surface area contributed by atoms with E-state index < -0.39 is 44.8 Å². The SMILES string of the molecule is O=C(O)C1CCN(Cc2nc(Nc3ccc(S(=O)(=O)C(F)(F)F)cc3)c3ccc(-c4ncc([C@H](O)CO)cc4Cl)cc3n2)CC1. The molecule has 16 heteroatoms. The monoisotopic (exact) mass is 665 g/mol. The minimum atomic E-state index is -5.52. The summed E-state index contributed by atoms with van der Waals surface area (Å²) in [6, 6.07) is 10.7. The summed E-state index contributed by atoms with van der Waals surface area (Å²) >= 11 is 6.46. The Morgan fingerprint density at radius 2 is 1.78 bits per heavy atom. The first-order chi connectivity index (χ1) is 21.3. The number of hydrogen-bond acceptors (Lipinski definition) is 10. The summed E-state index contributed by atoms with van der Waals surface area (Å²) < 4.78 is 62.6. The first-order valence-electron chi connectivity index (χ1n) is 13.7. The van der Waals surface area contributed by atoms with E-state index in [1.54, 1.807) is 18.2 Å². The molecule has 0 amide bonds. The lowest BCUT2D eigenvalue weighted by molar-refractivity contribution is -0.143. The Hall–Kier alpha value is -3.89. The number of likely N-dealkylation sites (tertiary alicyclic amines) is 1. The number of carbonyl (C=O) groups is 1. The zero-order valence-electron chi connectivity index (χ0n) is 23.4. The van der Waals surface area contributed by atoms with Crippen LogP contribution in [0.3, 0.4) is 0 Å². The summed E-state index contributed by atoms with van der Waals surface area (Å²) in [5, 5.41) is 32.3. The highest BCUT2D eigenvalue weighted by molar-refractivity contribution is 7.92. The summed E-state index contributed by atoms with van der Waals surface area (Å²) in [7, 11) is -5.52. The second kappa shape index (κ2) is 12.8. The Balaban J connectivity index is 1.51. The highest BCUT2D eigenvalue weighted by Gasteiger charge is 2.46. The molecule has 45 heavy (non-hydrogen) atoms. The van der Waals surface area contributed by atoms with Crippen LogP contribution in [0.1, 0.15) is 30.3 Å². The van der Waals surface area contributed by atoms with E-state index in [1.807, 2.05) is 4.90 Å². The number of anilines is 2. The van der Waals surface area contributed by atoms with Crippen LogP contribution in [0.4, 0.5) is 24.7 Å². The third-order valence-corrected chi connectivity index (χ3v) is 9.26. The van der Waals surface area contributed by atoms with E-state index >= 15 is 0 Å². The molecule has 1 fully saturated rings. The first kappa shape index (κ1) is 32.5. The molecule has 4 N–H and O–H groups in total. The van der Waals surface area contributed by atoms with Gasteiger partial charge in [0.05, 0.1) is 40.2 Å². The smallest absolute Gasteiger partial charge is 0.481 e. The standard InChI is InChI=1S/C29H27ClF3N5O6S/c30-22-11-18(24(40)15-39)13-34-26(22)17-1-6-21-23(12-17)36-25(14-38-9-7-16(8-10-38)28(41)42)37-27(21)35-19-2-4-20(5-3-19)45(43,44)29(31,32)33/h1-6,11-13,16,24,39-40H,7-10,14-15H2,(H,41,42)(H,35,36,37)/t24-/m1/s1. The number of nitrogens with zero attached hydrogens (tertiary/aromatic N) is 4. The van der Waals surface area contributed by atoms with Crippen LogP contribution in [0.5, 0.6) is 0 Å². The molecule has 1 saturated heterocycles. The van der Waals surface area contributed by atoms with Crippen molar-refractivity contribution in [3.63, 3.8) is 0 Å². The number of piperidine rings is 1. The van der Waals surface area contributed by atoms with Gasteiger partial charge < -0.3 is 20.6 Å². The Kier molecular flexibility index (Phi) is 9.28. The van der Waals surface area contributed by atoms with Crippen molar-refractivity contribution in [2.75, 3.05) is 25.0 Å². The van der Waals surface area contributed by atoms with E-state index in [0.717, 1.165) is 12.1 Å². The van der Waals surface area contributed by atoms with Crippen molar-refractivity contribution in [1.29, 1.82) is 0 Å². The maximum Gasteiger partial charge on any atom is 0.501 e. The minimum absolute atomic E-state index is 0.224. The molecular formula is C29H27ClF3N5O6S. The predicted molar refractivity (Wildman–Crippen MR) is 158 cm³/mol. The summed E-state index contributed by atoms with van der Waals surface area (Å²) in [6.45, 7) is 0.818. The largest absolute Gasteiger partial charge is 0.501 e. The molecule has 11 nitrogen and oxygen atoms in total. The molecule has 4 aromatic rings. The molecule has 0 saturated carbocycles. The molecule has 238 valence electrons. The van der Waals surface area contributed by atoms with Crippen molar-refractivity contribution >= 4 is 49.8 Å². The highest BCUT2D eigenvalue weighted by Crippen LogP contribution is 2.34. The van der Waals surface area contributed by atoms with E-state index in [2.05, 4.69) is 15.3 Å². The second-order valence-electron chi connectivity index (χ2n) is 10.5. The van der Waals surface area contributed by atoms with Crippen molar-refractivity contribution in [3.8, 4) is 11.3 Å². The van der Waals surface area contributed by atoms with Gasteiger partial charge in [0.2, 0.25) is 0 Å². The number of sulfone groups is 1. The fraction of sp³-hybridized carbons (Fsp3) is 0.310. The quantitative estimate of drug-likeness (QED) is 0.196. The normalized spacial score (nSPS) is 15.7. The minimum Gasteiger partial charge on any atom is -0.481 e. The topological polar surface area (TPSA) is 166 Å². The lowest BCUT2D eigenvalue weighted by atomic mass is 9.97. The van der Waals surface area contributed by atoms with Crippen molar-refractivity contribution in [2.24, 2.45) is 5.92 Å². The molecular weight excluding hydrogens is 639 g/mol. The van der Waals surface area contributed by atoms with Gasteiger partial charge in [0, 0.05) is 28.4 Å². The van der Waals surface area contributed by atoms with Crippen molar-refractivity contribution in [1.82, 2.24) is 19.9 Å². The Morgan fingerprint density at radius 3 is 2.38 bits per heavy atom. The summed E-state index contributed by atoms with van der Waals surface area (Å²) in [6.07, 6.45) is 1.19. The number of alkyl halides is 3. The number of fused-ring (bicyclic) bond motifs is 1. The van der Waals surface area contributed by atoms with Crippen LogP contribution in [0.2, 0.25) is 5.02 Å². The number of carboxylic acids is 1. The van der Waals surface area contributed by atoms with Crippen molar-refractivity contribution in [2.45, 2.75) is 35.9 Å². The zero-order valence-corrected chi connectivity index (χ0v) is 24.9. The molecule has 2 aromatic carbocycles. The third kappa shape index (κ3) is 7.02. The molecule has 0 bridgehead atoms. The zero-order chi connectivity index (χ0) is 32.5. The van der Waals surface area contributed by atoms with Gasteiger partial charge in [-0.15, -0.1) is 0 Å². The van der Waals surface area contributed by atoms with Crippen LogP contribution in [0, 0.1) is 5.92 Å². The predicted octanol–water partition coefficient (Wildman–Crippen LogP) is 4.70. The molecule has 3 heterocycles. The average molecular weight is 666 g/mol. The Labute approximate surface area is 260 Å². The van der Waals surface area contributed by atoms with Gasteiger partial charge >= 0.3 is 11.5 Å². The number of halogens is 4. The first-order valence-corrected chi connectivity index (χ1v) is 15.5. The van der Waals surface area contributed by atoms with Crippen LogP contribution in [0.25, 0.3) is 22.2 Å². The van der Waals surface area contributed by atoms with Gasteiger partial charge in [-0.3, -0.25) is 14.7 Å². The van der Waals surface area contributed by atoms with E-state index in [-0.39, 0.29) is 17.3 Å². The second-order valence-corrected chi connectivity index (χ2v) is 12.9. The maximum atomic E-state index is 13.0. The fourth-order valence-electron chi connectivity index (χ4n) is 4.97. The third-order valence-electron chi connectivity index (χ3n) is 7.47. The number of aliphatic hydroxyl groups excluding tert-OH is 2. The molecule has 0 radical (unpaired) electrons. The molecule has 5 rings (SSSR count). The summed E-state index contributed by atoms with van der Waals surface area (Å²) in [5.41, 5.74) is -3.39. The highest BCUT2D eigenvalue weighted by atomic mass is 35.5. The van der Waals surface area contributed by atoms with Crippen molar-refractivity contribution < 1.29 is 41.7 Å². The molecule has 1 aliphatic heterocycles. The van der Waals surface area contributed by atoms with Crippen LogP contribution < -0.4 is 5.32 Å². The number of hydrogen-bond donors (Lipinski definition) is 4. The van der Waals surface area contributed by atoms with E-state index in [0.29, 0.717) is 65.3 Å². The van der Waals surface area contributed by atoms with Gasteiger partial charge in [0.1, 0.15) is 17.7 Å². The number of rotatable bonds is 9. The fourth-order valence-corrected chi connectivity index (χ4v) is 6.02. The number of aliphatic hydroxyl groups is 2. The number of aliphatic carboxylic acids is 1. The van der Waals surface area contributed by atoms with Gasteiger partial charge in [0.25, 0.3) is 9.84 Å². The van der Waals surface area contributed by atoms with Gasteiger partial charge in [-0.1, -0.05) is 17.7 Å². The lowest BCUT2D eigenvalue weighted by Crippen LogP contribution is -2.36. The molecule has 0 aliphatic carbocycles. The van der Waals surface area contributed by atoms with Gasteiger partial charge in [-0.05, 0) is 68.4 Å². The lowest BCUT2D eigenvalue weighted by Gasteiger charge is -2.29. The maximum absolute atomic E-state index is 13.0. The van der Waals surface area contributed by atoms with E-state index in [4.69, 9.17) is 16.6 Å². The van der Waals surface area contributed by atoms with Crippen molar-refractivity contribution in [3.05, 3.63) is 71.1 Å². The number of benzene rings is 2. The van der Waals surface area contributed by atoms with E-state index in [9.17, 15) is 41.7 Å². The van der Waals surface area contributed by atoms with Crippen LogP contribution in [0.15, 0.2) is 59.6 Å². The summed E-state index contributed by atoms with van der Waals surface area (Å²) in [5.74, 6) is -0.581. The van der Waals surface area contributed by atoms with Gasteiger partial charge in [-0.25, -0.2) is 18.4 Å². The number of aromatic nitrogens is 3.